The maximum atomic E-state index is 11.0. The Morgan fingerprint density at radius 2 is 2.00 bits per heavy atom. The second-order valence-electron chi connectivity index (χ2n) is 4.21. The van der Waals surface area contributed by atoms with E-state index in [2.05, 4.69) is 25.2 Å². The molecule has 0 saturated heterocycles. The normalized spacial score (nSPS) is 12.2. The molecule has 0 aliphatic rings. The number of hydrogen-bond donors (Lipinski definition) is 0. The number of rotatable bonds is 8. The minimum absolute atomic E-state index is 0.267. The molecule has 1 atom stereocenters. The molecule has 0 bridgehead atoms. The molecule has 15 heavy (non-hydrogen) atoms. The number of hydrogen-bond acceptors (Lipinski definition) is 2. The molecule has 0 saturated carbocycles. The highest BCUT2D eigenvalue weighted by molar-refractivity contribution is 5.87. The molecule has 0 amide bonds. The zero-order valence-corrected chi connectivity index (χ0v) is 10.3. The second-order valence-corrected chi connectivity index (χ2v) is 4.21. The average molecular weight is 212 g/mol. The Morgan fingerprint density at radius 1 is 1.33 bits per heavy atom. The third-order valence-electron chi connectivity index (χ3n) is 2.85. The third-order valence-corrected chi connectivity index (χ3v) is 2.85. The quantitative estimate of drug-likeness (QED) is 0.348. The maximum Gasteiger partial charge on any atom is 0.333 e. The molecule has 2 nitrogen and oxygen atoms in total. The van der Waals surface area contributed by atoms with Crippen LogP contribution in [-0.4, -0.2) is 13.1 Å². The van der Waals surface area contributed by atoms with Crippen LogP contribution in [0.3, 0.4) is 0 Å². The van der Waals surface area contributed by atoms with E-state index < -0.39 is 0 Å². The maximum absolute atomic E-state index is 11.0. The summed E-state index contributed by atoms with van der Waals surface area (Å²) < 4.78 is 4.59. The molecular formula is C13H24O2. The van der Waals surface area contributed by atoms with Crippen molar-refractivity contribution in [2.24, 2.45) is 5.92 Å². The number of carbonyl (C=O) groups excluding carboxylic acids is 1. The summed E-state index contributed by atoms with van der Waals surface area (Å²) in [5, 5.41) is 0. The van der Waals surface area contributed by atoms with Crippen molar-refractivity contribution in [2.75, 3.05) is 7.11 Å². The van der Waals surface area contributed by atoms with Gasteiger partial charge in [-0.05, 0) is 18.8 Å². The smallest absolute Gasteiger partial charge is 0.333 e. The van der Waals surface area contributed by atoms with Gasteiger partial charge in [0, 0.05) is 5.57 Å². The first-order valence-corrected chi connectivity index (χ1v) is 5.87. The van der Waals surface area contributed by atoms with Gasteiger partial charge >= 0.3 is 5.97 Å². The Balaban J connectivity index is 3.39. The molecule has 88 valence electrons. The van der Waals surface area contributed by atoms with Crippen molar-refractivity contribution in [3.8, 4) is 0 Å². The highest BCUT2D eigenvalue weighted by atomic mass is 16.5. The molecular weight excluding hydrogens is 188 g/mol. The molecule has 0 aliphatic carbocycles. The summed E-state index contributed by atoms with van der Waals surface area (Å²) in [6, 6.07) is 0. The first-order chi connectivity index (χ1) is 7.11. The lowest BCUT2D eigenvalue weighted by molar-refractivity contribution is -0.136. The summed E-state index contributed by atoms with van der Waals surface area (Å²) in [5.74, 6) is 0.561. The van der Waals surface area contributed by atoms with Crippen molar-refractivity contribution in [3.05, 3.63) is 12.2 Å². The van der Waals surface area contributed by atoms with E-state index in [9.17, 15) is 4.79 Å². The van der Waals surface area contributed by atoms with E-state index in [4.69, 9.17) is 0 Å². The van der Waals surface area contributed by atoms with Gasteiger partial charge in [0.2, 0.25) is 0 Å². The molecule has 0 spiro atoms. The van der Waals surface area contributed by atoms with Crippen LogP contribution in [-0.2, 0) is 9.53 Å². The lowest BCUT2D eigenvalue weighted by Gasteiger charge is -2.07. The number of unbranched alkanes of at least 4 members (excludes halogenated alkanes) is 2. The predicted octanol–water partition coefficient (Wildman–Crippen LogP) is 3.71. The number of esters is 1. The van der Waals surface area contributed by atoms with E-state index in [1.165, 1.54) is 32.8 Å². The lowest BCUT2D eigenvalue weighted by atomic mass is 9.99. The molecule has 0 fully saturated rings. The van der Waals surface area contributed by atoms with E-state index in [1.807, 2.05) is 0 Å². The van der Waals surface area contributed by atoms with Crippen LogP contribution in [0.25, 0.3) is 0 Å². The van der Waals surface area contributed by atoms with Crippen LogP contribution < -0.4 is 0 Å². The Hall–Kier alpha value is -0.790. The van der Waals surface area contributed by atoms with Gasteiger partial charge in [0.05, 0.1) is 7.11 Å². The van der Waals surface area contributed by atoms with E-state index in [-0.39, 0.29) is 5.97 Å². The van der Waals surface area contributed by atoms with E-state index in [1.54, 1.807) is 0 Å². The largest absolute Gasteiger partial charge is 0.466 e. The Morgan fingerprint density at radius 3 is 2.53 bits per heavy atom. The van der Waals surface area contributed by atoms with Gasteiger partial charge in [0.15, 0.2) is 0 Å². The van der Waals surface area contributed by atoms with Crippen LogP contribution in [0.4, 0.5) is 0 Å². The van der Waals surface area contributed by atoms with Crippen LogP contribution in [0.5, 0.6) is 0 Å². The number of carbonyl (C=O) groups is 1. The van der Waals surface area contributed by atoms with E-state index in [0.717, 1.165) is 18.8 Å². The van der Waals surface area contributed by atoms with Gasteiger partial charge in [0.25, 0.3) is 0 Å². The van der Waals surface area contributed by atoms with Crippen molar-refractivity contribution < 1.29 is 9.53 Å². The third kappa shape index (κ3) is 7.18. The van der Waals surface area contributed by atoms with E-state index in [0.29, 0.717) is 5.57 Å². The van der Waals surface area contributed by atoms with Gasteiger partial charge in [-0.1, -0.05) is 46.1 Å². The molecule has 0 aromatic carbocycles. The second kappa shape index (κ2) is 8.51. The van der Waals surface area contributed by atoms with Gasteiger partial charge in [-0.15, -0.1) is 0 Å². The van der Waals surface area contributed by atoms with Crippen molar-refractivity contribution >= 4 is 5.97 Å². The van der Waals surface area contributed by atoms with Crippen LogP contribution in [0.2, 0.25) is 0 Å². The minimum Gasteiger partial charge on any atom is -0.466 e. The summed E-state index contributed by atoms with van der Waals surface area (Å²) in [6.45, 7) is 8.21. The zero-order chi connectivity index (χ0) is 11.7. The van der Waals surface area contributed by atoms with E-state index >= 15 is 0 Å². The van der Waals surface area contributed by atoms with Gasteiger partial charge < -0.3 is 4.74 Å². The van der Waals surface area contributed by atoms with Crippen molar-refractivity contribution in [3.63, 3.8) is 0 Å². The van der Waals surface area contributed by atoms with Crippen molar-refractivity contribution in [2.45, 2.75) is 52.4 Å². The van der Waals surface area contributed by atoms with Crippen molar-refractivity contribution in [1.82, 2.24) is 0 Å². The molecule has 0 aliphatic heterocycles. The number of methoxy groups -OCH3 is 1. The first-order valence-electron chi connectivity index (χ1n) is 5.87. The van der Waals surface area contributed by atoms with Gasteiger partial charge in [-0.3, -0.25) is 0 Å². The highest BCUT2D eigenvalue weighted by Gasteiger charge is 2.05. The molecule has 0 heterocycles. The van der Waals surface area contributed by atoms with Crippen molar-refractivity contribution in [1.29, 1.82) is 0 Å². The molecule has 1 unspecified atom stereocenters. The summed E-state index contributed by atoms with van der Waals surface area (Å²) >= 11 is 0. The molecule has 0 aromatic rings. The van der Waals surface area contributed by atoms with Crippen LogP contribution in [0.1, 0.15) is 52.4 Å². The topological polar surface area (TPSA) is 26.3 Å². The molecule has 0 N–H and O–H groups in total. The average Bonchev–Trinajstić information content (AvgIpc) is 2.26. The predicted molar refractivity (Wildman–Crippen MR) is 63.7 cm³/mol. The minimum atomic E-state index is -0.267. The summed E-state index contributed by atoms with van der Waals surface area (Å²) in [5.41, 5.74) is 0.598. The molecule has 0 rings (SSSR count). The summed E-state index contributed by atoms with van der Waals surface area (Å²) in [7, 11) is 1.40. The molecule has 2 heteroatoms. The van der Waals surface area contributed by atoms with Crippen LogP contribution in [0.15, 0.2) is 12.2 Å². The molecule has 0 aromatic heterocycles. The fraction of sp³-hybridized carbons (Fsp3) is 0.769. The fourth-order valence-electron chi connectivity index (χ4n) is 1.46. The standard InChI is InChI=1S/C13H24O2/c1-5-11(2)9-7-6-8-10-12(3)13(14)15-4/h11H,3,5-10H2,1-2,4H3. The number of ether oxygens (including phenoxy) is 1. The highest BCUT2D eigenvalue weighted by Crippen LogP contribution is 2.14. The Kier molecular flexibility index (Phi) is 8.06. The lowest BCUT2D eigenvalue weighted by Crippen LogP contribution is -2.03. The van der Waals surface area contributed by atoms with Gasteiger partial charge in [-0.2, -0.15) is 0 Å². The Labute approximate surface area is 93.7 Å². The van der Waals surface area contributed by atoms with Gasteiger partial charge in [-0.25, -0.2) is 4.79 Å². The summed E-state index contributed by atoms with van der Waals surface area (Å²) in [6.07, 6.45) is 6.80. The Bertz CT molecular complexity index is 197. The SMILES string of the molecule is C=C(CCCCCC(C)CC)C(=O)OC. The monoisotopic (exact) mass is 212 g/mol. The van der Waals surface area contributed by atoms with Gasteiger partial charge in [0.1, 0.15) is 0 Å². The fourth-order valence-corrected chi connectivity index (χ4v) is 1.46. The van der Waals surface area contributed by atoms with Crippen LogP contribution >= 0.6 is 0 Å². The molecule has 0 radical (unpaired) electrons. The van der Waals surface area contributed by atoms with Crippen LogP contribution in [0, 0.1) is 5.92 Å². The first kappa shape index (κ1) is 14.2. The summed E-state index contributed by atoms with van der Waals surface area (Å²) in [4.78, 5) is 11.0. The zero-order valence-electron chi connectivity index (χ0n) is 10.3.